The fraction of sp³-hybridized carbons (Fsp3) is 0.345. The van der Waals surface area contributed by atoms with Crippen LogP contribution in [0.25, 0.3) is 16.6 Å². The summed E-state index contributed by atoms with van der Waals surface area (Å²) in [5.74, 6) is -0.255. The molecule has 1 aliphatic heterocycles. The van der Waals surface area contributed by atoms with E-state index in [0.29, 0.717) is 12.2 Å². The second-order valence-electron chi connectivity index (χ2n) is 10.3. The molecule has 6 rings (SSSR count). The number of aryl methyl sites for hydroxylation is 1. The molecule has 0 spiro atoms. The van der Waals surface area contributed by atoms with E-state index < -0.39 is 5.54 Å². The van der Waals surface area contributed by atoms with Crippen molar-refractivity contribution in [3.8, 4) is 5.69 Å². The fourth-order valence-corrected chi connectivity index (χ4v) is 5.83. The topological polar surface area (TPSA) is 72.2 Å². The fourth-order valence-electron chi connectivity index (χ4n) is 5.83. The first kappa shape index (κ1) is 22.6. The van der Waals surface area contributed by atoms with Gasteiger partial charge in [0.05, 0.1) is 30.0 Å². The van der Waals surface area contributed by atoms with E-state index in [1.54, 1.807) is 11.1 Å². The van der Waals surface area contributed by atoms with E-state index in [-0.39, 0.29) is 24.4 Å². The molecule has 0 radical (unpaired) electrons. The maximum absolute atomic E-state index is 14.4. The highest BCUT2D eigenvalue weighted by molar-refractivity contribution is 6.09. The van der Waals surface area contributed by atoms with Gasteiger partial charge in [0.15, 0.2) is 0 Å². The first-order chi connectivity index (χ1) is 17.5. The summed E-state index contributed by atoms with van der Waals surface area (Å²) in [7, 11) is 0. The summed E-state index contributed by atoms with van der Waals surface area (Å²) in [6.07, 6.45) is 9.90. The summed E-state index contributed by atoms with van der Waals surface area (Å²) in [6, 6.07) is 16.0. The molecule has 7 nitrogen and oxygen atoms in total. The summed E-state index contributed by atoms with van der Waals surface area (Å²) in [4.78, 5) is 34.6. The highest BCUT2D eigenvalue weighted by Crippen LogP contribution is 2.39. The molecular weight excluding hydrogens is 450 g/mol. The lowest BCUT2D eigenvalue weighted by Crippen LogP contribution is -2.64. The number of nitrogens with zero attached hydrogens (tertiary/aromatic N) is 4. The Bertz CT molecular complexity index is 1430. The third-order valence-electron chi connectivity index (χ3n) is 7.79. The van der Waals surface area contributed by atoms with Crippen molar-refractivity contribution in [2.24, 2.45) is 0 Å². The number of carbonyl (C=O) groups is 2. The van der Waals surface area contributed by atoms with Gasteiger partial charge >= 0.3 is 0 Å². The molecule has 0 unspecified atom stereocenters. The number of nitrogens with one attached hydrogen (secondary N) is 1. The van der Waals surface area contributed by atoms with Gasteiger partial charge in [-0.25, -0.2) is 0 Å². The minimum atomic E-state index is -1.06. The highest BCUT2D eigenvalue weighted by Gasteiger charge is 2.49. The largest absolute Gasteiger partial charge is 0.351 e. The van der Waals surface area contributed by atoms with Crippen molar-refractivity contribution in [2.45, 2.75) is 64.2 Å². The zero-order valence-electron chi connectivity index (χ0n) is 20.8. The number of benzene rings is 1. The van der Waals surface area contributed by atoms with Gasteiger partial charge in [-0.1, -0.05) is 30.5 Å². The van der Waals surface area contributed by atoms with E-state index in [4.69, 9.17) is 0 Å². The molecule has 1 aromatic carbocycles. The number of amides is 2. The maximum Gasteiger partial charge on any atom is 0.274 e. The third-order valence-corrected chi connectivity index (χ3v) is 7.79. The molecule has 1 saturated carbocycles. The molecule has 4 heterocycles. The molecule has 0 saturated heterocycles. The predicted molar refractivity (Wildman–Crippen MR) is 139 cm³/mol. The molecule has 1 atom stereocenters. The van der Waals surface area contributed by atoms with E-state index in [1.807, 2.05) is 54.2 Å². The molecule has 36 heavy (non-hydrogen) atoms. The zero-order chi connectivity index (χ0) is 24.9. The van der Waals surface area contributed by atoms with Gasteiger partial charge in [-0.3, -0.25) is 14.6 Å². The highest BCUT2D eigenvalue weighted by atomic mass is 16.2. The maximum atomic E-state index is 14.4. The van der Waals surface area contributed by atoms with Crippen LogP contribution in [0.15, 0.2) is 67.1 Å². The number of pyridine rings is 1. The lowest BCUT2D eigenvalue weighted by atomic mass is 9.93. The van der Waals surface area contributed by atoms with Crippen molar-refractivity contribution in [2.75, 3.05) is 0 Å². The van der Waals surface area contributed by atoms with Crippen LogP contribution in [0.2, 0.25) is 0 Å². The third kappa shape index (κ3) is 3.61. The molecule has 1 aliphatic carbocycles. The van der Waals surface area contributed by atoms with Crippen LogP contribution < -0.4 is 5.32 Å². The Morgan fingerprint density at radius 1 is 1.11 bits per heavy atom. The summed E-state index contributed by atoms with van der Waals surface area (Å²) >= 11 is 0. The number of aromatic nitrogens is 3. The van der Waals surface area contributed by atoms with Crippen molar-refractivity contribution < 1.29 is 9.59 Å². The Labute approximate surface area is 210 Å². The molecule has 2 amide bonds. The Balaban J connectivity index is 1.53. The standard InChI is InChI=1S/C29H31N5O2/c1-20-12-13-24-23(17-20)25(32-15-7-8-16-32)26-27(35)34(18-22-11-5-6-14-30-22)29(2,19-33(24)26)28(36)31-21-9-3-4-10-21/h5-8,11-17,21H,3-4,9-10,18-19H2,1-2H3,(H,31,36)/t29-/m0/s1. The lowest BCUT2D eigenvalue weighted by molar-refractivity contribution is -0.133. The van der Waals surface area contributed by atoms with Crippen molar-refractivity contribution in [1.29, 1.82) is 0 Å². The van der Waals surface area contributed by atoms with Crippen LogP contribution in [0.1, 0.15) is 54.4 Å². The van der Waals surface area contributed by atoms with Gasteiger partial charge in [0.1, 0.15) is 11.2 Å². The normalized spacial score (nSPS) is 20.2. The van der Waals surface area contributed by atoms with Crippen molar-refractivity contribution >= 4 is 22.7 Å². The van der Waals surface area contributed by atoms with Gasteiger partial charge in [0.2, 0.25) is 5.91 Å². The average molecular weight is 482 g/mol. The summed E-state index contributed by atoms with van der Waals surface area (Å²) in [5, 5.41) is 4.28. The van der Waals surface area contributed by atoms with E-state index in [0.717, 1.165) is 53.5 Å². The Hall–Kier alpha value is -3.87. The first-order valence-electron chi connectivity index (χ1n) is 12.7. The summed E-state index contributed by atoms with van der Waals surface area (Å²) in [6.45, 7) is 4.60. The molecule has 7 heteroatoms. The lowest BCUT2D eigenvalue weighted by Gasteiger charge is -2.44. The van der Waals surface area contributed by atoms with Gasteiger partial charge in [-0.2, -0.15) is 0 Å². The van der Waals surface area contributed by atoms with Crippen molar-refractivity contribution in [3.05, 3.63) is 84.1 Å². The average Bonchev–Trinajstić information content (AvgIpc) is 3.63. The minimum absolute atomic E-state index is 0.0965. The van der Waals surface area contributed by atoms with Gasteiger partial charge in [0, 0.05) is 30.0 Å². The van der Waals surface area contributed by atoms with Gasteiger partial charge in [-0.05, 0) is 63.1 Å². The van der Waals surface area contributed by atoms with E-state index in [1.165, 1.54) is 0 Å². The number of hydrogen-bond acceptors (Lipinski definition) is 3. The van der Waals surface area contributed by atoms with E-state index >= 15 is 0 Å². The van der Waals surface area contributed by atoms with Gasteiger partial charge < -0.3 is 19.4 Å². The molecule has 3 aromatic heterocycles. The second-order valence-corrected chi connectivity index (χ2v) is 10.3. The van der Waals surface area contributed by atoms with Gasteiger partial charge in [-0.15, -0.1) is 0 Å². The molecule has 1 fully saturated rings. The Kier molecular flexibility index (Phi) is 5.43. The van der Waals surface area contributed by atoms with E-state index in [2.05, 4.69) is 40.0 Å². The van der Waals surface area contributed by atoms with Crippen LogP contribution in [0.4, 0.5) is 0 Å². The Morgan fingerprint density at radius 2 is 1.89 bits per heavy atom. The van der Waals surface area contributed by atoms with Crippen LogP contribution in [0.5, 0.6) is 0 Å². The van der Waals surface area contributed by atoms with Gasteiger partial charge in [0.25, 0.3) is 5.91 Å². The van der Waals surface area contributed by atoms with Crippen LogP contribution in [0, 0.1) is 6.92 Å². The van der Waals surface area contributed by atoms with Crippen molar-refractivity contribution in [3.63, 3.8) is 0 Å². The summed E-state index contributed by atoms with van der Waals surface area (Å²) in [5.41, 5.74) is 3.24. The number of fused-ring (bicyclic) bond motifs is 3. The molecule has 0 bridgehead atoms. The molecule has 184 valence electrons. The summed E-state index contributed by atoms with van der Waals surface area (Å²) < 4.78 is 4.06. The van der Waals surface area contributed by atoms with Crippen LogP contribution in [0.3, 0.4) is 0 Å². The minimum Gasteiger partial charge on any atom is -0.351 e. The zero-order valence-corrected chi connectivity index (χ0v) is 20.8. The molecule has 1 N–H and O–H groups in total. The first-order valence-corrected chi connectivity index (χ1v) is 12.7. The molecule has 4 aromatic rings. The SMILES string of the molecule is Cc1ccc2c(c1)c(-n1cccc1)c1n2C[C@@](C)(C(=O)NC2CCCC2)N(Cc2ccccn2)C1=O. The number of carbonyl (C=O) groups excluding carboxylic acids is 2. The van der Waals surface area contributed by atoms with Crippen LogP contribution in [-0.4, -0.2) is 42.4 Å². The quantitative estimate of drug-likeness (QED) is 0.453. The van der Waals surface area contributed by atoms with Crippen molar-refractivity contribution in [1.82, 2.24) is 24.3 Å². The number of hydrogen-bond donors (Lipinski definition) is 1. The van der Waals surface area contributed by atoms with Crippen LogP contribution in [-0.2, 0) is 17.9 Å². The smallest absolute Gasteiger partial charge is 0.274 e. The Morgan fingerprint density at radius 3 is 2.61 bits per heavy atom. The monoisotopic (exact) mass is 481 g/mol. The predicted octanol–water partition coefficient (Wildman–Crippen LogP) is 4.61. The van der Waals surface area contributed by atoms with Crippen LogP contribution >= 0.6 is 0 Å². The molecular formula is C29H31N5O2. The molecule has 2 aliphatic rings. The van der Waals surface area contributed by atoms with E-state index in [9.17, 15) is 9.59 Å². The second kappa shape index (κ2) is 8.66. The number of rotatable bonds is 5.